The molecule has 142 valence electrons. The van der Waals surface area contributed by atoms with Crippen LogP contribution in [0, 0.1) is 5.92 Å². The fraction of sp³-hybridized carbons (Fsp3) is 0.550. The van der Waals surface area contributed by atoms with E-state index in [-0.39, 0.29) is 11.3 Å². The second-order valence-electron chi connectivity index (χ2n) is 7.30. The molecule has 0 bridgehead atoms. The van der Waals surface area contributed by atoms with Gasteiger partial charge in [-0.2, -0.15) is 0 Å². The van der Waals surface area contributed by atoms with Gasteiger partial charge in [0.2, 0.25) is 0 Å². The standard InChI is InChI=1S/C20H28BF2NO2/c1-6-20(5,13-14(3)4)26-21(25-7-2)16-9-11-17-15(12-16)8-10-18(24-17)19(22)23/h8-12,14,19H,6-7,13H2,1-5H3. The lowest BCUT2D eigenvalue weighted by atomic mass is 9.76. The maximum Gasteiger partial charge on any atom is 0.494 e. The molecule has 26 heavy (non-hydrogen) atoms. The van der Waals surface area contributed by atoms with Crippen LogP contribution in [-0.2, 0) is 9.31 Å². The zero-order valence-electron chi connectivity index (χ0n) is 16.3. The molecule has 0 aliphatic rings. The van der Waals surface area contributed by atoms with Crippen molar-refractivity contribution in [1.29, 1.82) is 0 Å². The molecule has 1 atom stereocenters. The average Bonchev–Trinajstić information content (AvgIpc) is 2.59. The Morgan fingerprint density at radius 2 is 1.88 bits per heavy atom. The van der Waals surface area contributed by atoms with Crippen LogP contribution in [0.15, 0.2) is 30.3 Å². The summed E-state index contributed by atoms with van der Waals surface area (Å²) in [6.07, 6.45) is -0.762. The van der Waals surface area contributed by atoms with E-state index in [0.717, 1.165) is 23.7 Å². The molecule has 6 heteroatoms. The number of rotatable bonds is 9. The van der Waals surface area contributed by atoms with Gasteiger partial charge in [-0.15, -0.1) is 0 Å². The smallest absolute Gasteiger partial charge is 0.408 e. The lowest BCUT2D eigenvalue weighted by molar-refractivity contribution is 0.0349. The first kappa shape index (κ1) is 20.8. The molecule has 0 amide bonds. The van der Waals surface area contributed by atoms with Crippen molar-refractivity contribution >= 4 is 23.5 Å². The molecule has 0 spiro atoms. The predicted octanol–water partition coefficient (Wildman–Crippen LogP) is 5.14. The molecule has 0 fully saturated rings. The maximum absolute atomic E-state index is 12.8. The predicted molar refractivity (Wildman–Crippen MR) is 103 cm³/mol. The van der Waals surface area contributed by atoms with Gasteiger partial charge < -0.3 is 9.31 Å². The van der Waals surface area contributed by atoms with Gasteiger partial charge in [0.05, 0.1) is 11.1 Å². The number of aromatic nitrogens is 1. The summed E-state index contributed by atoms with van der Waals surface area (Å²) < 4.78 is 37.9. The van der Waals surface area contributed by atoms with Crippen molar-refractivity contribution in [2.45, 2.75) is 59.5 Å². The molecule has 1 aromatic carbocycles. The third kappa shape index (κ3) is 5.24. The molecule has 0 N–H and O–H groups in total. The number of benzene rings is 1. The summed E-state index contributed by atoms with van der Waals surface area (Å²) in [6, 6.07) is 8.53. The van der Waals surface area contributed by atoms with E-state index in [1.54, 1.807) is 12.1 Å². The summed E-state index contributed by atoms with van der Waals surface area (Å²) in [5.74, 6) is 0.510. The normalized spacial score (nSPS) is 14.2. The first-order valence-corrected chi connectivity index (χ1v) is 9.26. The van der Waals surface area contributed by atoms with Crippen molar-refractivity contribution in [2.75, 3.05) is 6.61 Å². The van der Waals surface area contributed by atoms with Crippen LogP contribution in [0.1, 0.15) is 59.6 Å². The Hall–Kier alpha value is -1.53. The number of hydrogen-bond donors (Lipinski definition) is 0. The van der Waals surface area contributed by atoms with E-state index in [1.165, 1.54) is 6.07 Å². The fourth-order valence-electron chi connectivity index (χ4n) is 3.18. The maximum atomic E-state index is 12.8. The topological polar surface area (TPSA) is 31.4 Å². The molecule has 3 nitrogen and oxygen atoms in total. The van der Waals surface area contributed by atoms with E-state index in [1.807, 2.05) is 19.1 Å². The highest BCUT2D eigenvalue weighted by molar-refractivity contribution is 6.61. The van der Waals surface area contributed by atoms with Gasteiger partial charge in [-0.3, -0.25) is 0 Å². The van der Waals surface area contributed by atoms with Crippen molar-refractivity contribution in [3.05, 3.63) is 36.0 Å². The molecular weight excluding hydrogens is 335 g/mol. The molecule has 0 radical (unpaired) electrons. The highest BCUT2D eigenvalue weighted by Gasteiger charge is 2.33. The molecule has 0 aliphatic carbocycles. The van der Waals surface area contributed by atoms with E-state index < -0.39 is 13.5 Å². The van der Waals surface area contributed by atoms with Gasteiger partial charge in [-0.1, -0.05) is 39.0 Å². The highest BCUT2D eigenvalue weighted by atomic mass is 19.3. The van der Waals surface area contributed by atoms with Crippen LogP contribution in [0.4, 0.5) is 8.78 Å². The molecule has 0 saturated heterocycles. The second kappa shape index (κ2) is 8.91. The zero-order chi connectivity index (χ0) is 19.3. The van der Waals surface area contributed by atoms with Crippen LogP contribution < -0.4 is 5.46 Å². The van der Waals surface area contributed by atoms with E-state index in [9.17, 15) is 8.78 Å². The molecular formula is C20H28BF2NO2. The van der Waals surface area contributed by atoms with E-state index in [2.05, 4.69) is 32.7 Å². The van der Waals surface area contributed by atoms with Crippen molar-refractivity contribution in [3.63, 3.8) is 0 Å². The van der Waals surface area contributed by atoms with Crippen LogP contribution in [0.5, 0.6) is 0 Å². The van der Waals surface area contributed by atoms with Crippen LogP contribution >= 0.6 is 0 Å². The Labute approximate surface area is 155 Å². The molecule has 1 heterocycles. The lowest BCUT2D eigenvalue weighted by Crippen LogP contribution is -2.45. The van der Waals surface area contributed by atoms with Gasteiger partial charge >= 0.3 is 7.12 Å². The summed E-state index contributed by atoms with van der Waals surface area (Å²) in [5, 5.41) is 0.794. The van der Waals surface area contributed by atoms with Crippen molar-refractivity contribution < 1.29 is 18.1 Å². The lowest BCUT2D eigenvalue weighted by Gasteiger charge is -2.33. The quantitative estimate of drug-likeness (QED) is 0.579. The zero-order valence-corrected chi connectivity index (χ0v) is 16.3. The number of halogens is 2. The van der Waals surface area contributed by atoms with Gasteiger partial charge in [0.15, 0.2) is 0 Å². The Morgan fingerprint density at radius 1 is 1.15 bits per heavy atom. The molecule has 2 rings (SSSR count). The number of pyridine rings is 1. The molecule has 1 aromatic heterocycles. The summed E-state index contributed by atoms with van der Waals surface area (Å²) >= 11 is 0. The number of hydrogen-bond acceptors (Lipinski definition) is 3. The first-order valence-electron chi connectivity index (χ1n) is 9.26. The number of fused-ring (bicyclic) bond motifs is 1. The van der Waals surface area contributed by atoms with Crippen LogP contribution in [0.2, 0.25) is 0 Å². The summed E-state index contributed by atoms with van der Waals surface area (Å²) in [5.41, 5.74) is 0.913. The van der Waals surface area contributed by atoms with E-state index in [0.29, 0.717) is 18.0 Å². The molecule has 2 aromatic rings. The SMILES string of the molecule is CCOB(OC(C)(CC)CC(C)C)c1ccc2nc(C(F)F)ccc2c1. The minimum atomic E-state index is -2.57. The second-order valence-corrected chi connectivity index (χ2v) is 7.30. The summed E-state index contributed by atoms with van der Waals surface area (Å²) in [6.45, 7) is 11.0. The third-order valence-electron chi connectivity index (χ3n) is 4.53. The average molecular weight is 363 g/mol. The Kier molecular flexibility index (Phi) is 7.12. The van der Waals surface area contributed by atoms with E-state index in [4.69, 9.17) is 9.31 Å². The van der Waals surface area contributed by atoms with Gasteiger partial charge in [0, 0.05) is 6.61 Å². The third-order valence-corrected chi connectivity index (χ3v) is 4.53. The number of nitrogens with zero attached hydrogens (tertiary/aromatic N) is 1. The van der Waals surface area contributed by atoms with Crippen LogP contribution in [0.25, 0.3) is 10.9 Å². The first-order chi connectivity index (χ1) is 12.3. The highest BCUT2D eigenvalue weighted by Crippen LogP contribution is 2.26. The molecule has 0 aliphatic heterocycles. The van der Waals surface area contributed by atoms with Crippen LogP contribution in [-0.4, -0.2) is 24.3 Å². The Morgan fingerprint density at radius 3 is 2.46 bits per heavy atom. The van der Waals surface area contributed by atoms with Crippen molar-refractivity contribution in [3.8, 4) is 0 Å². The van der Waals surface area contributed by atoms with Gasteiger partial charge in [0.25, 0.3) is 6.43 Å². The van der Waals surface area contributed by atoms with Gasteiger partial charge in [-0.05, 0) is 55.6 Å². The molecule has 1 unspecified atom stereocenters. The summed E-state index contributed by atoms with van der Waals surface area (Å²) in [4.78, 5) is 4.02. The van der Waals surface area contributed by atoms with Crippen molar-refractivity contribution in [2.24, 2.45) is 5.92 Å². The van der Waals surface area contributed by atoms with E-state index >= 15 is 0 Å². The Balaban J connectivity index is 2.32. The van der Waals surface area contributed by atoms with Gasteiger partial charge in [0.1, 0.15) is 5.69 Å². The Bertz CT molecular complexity index is 726. The summed E-state index contributed by atoms with van der Waals surface area (Å²) in [7, 11) is -0.497. The fourth-order valence-corrected chi connectivity index (χ4v) is 3.18. The van der Waals surface area contributed by atoms with Crippen molar-refractivity contribution in [1.82, 2.24) is 4.98 Å². The monoisotopic (exact) mass is 363 g/mol. The van der Waals surface area contributed by atoms with Crippen LogP contribution in [0.3, 0.4) is 0 Å². The largest absolute Gasteiger partial charge is 0.494 e. The number of alkyl halides is 2. The minimum absolute atomic E-state index is 0.210. The van der Waals surface area contributed by atoms with Gasteiger partial charge in [-0.25, -0.2) is 13.8 Å². The molecule has 0 saturated carbocycles. The minimum Gasteiger partial charge on any atom is -0.408 e.